The molecule has 21 heavy (non-hydrogen) atoms. The smallest absolute Gasteiger partial charge is 0.329 e. The lowest BCUT2D eigenvalue weighted by molar-refractivity contribution is -0.143. The molecule has 0 atom stereocenters. The number of carbonyl (C=O) groups is 2. The first kappa shape index (κ1) is 15.4. The van der Waals surface area contributed by atoms with Crippen molar-refractivity contribution < 1.29 is 28.9 Å². The average molecular weight is 316 g/mol. The van der Waals surface area contributed by atoms with E-state index in [1.807, 2.05) is 0 Å². The number of benzene rings is 1. The van der Waals surface area contributed by atoms with Crippen LogP contribution < -0.4 is 14.8 Å². The zero-order valence-electron chi connectivity index (χ0n) is 11.1. The predicted octanol–water partition coefficient (Wildman–Crippen LogP) is 1.54. The molecular weight excluding hydrogens is 302 g/mol. The topological polar surface area (TPSA) is 94.1 Å². The van der Waals surface area contributed by atoms with E-state index in [0.29, 0.717) is 35.4 Å². The van der Waals surface area contributed by atoms with E-state index < -0.39 is 18.5 Å². The van der Waals surface area contributed by atoms with Crippen LogP contribution in [0.25, 0.3) is 0 Å². The van der Waals surface area contributed by atoms with E-state index in [0.717, 1.165) is 6.42 Å². The lowest BCUT2D eigenvalue weighted by Gasteiger charge is -2.12. The molecule has 0 unspecified atom stereocenters. The number of hydrogen-bond acceptors (Lipinski definition) is 5. The molecule has 0 spiro atoms. The van der Waals surface area contributed by atoms with Gasteiger partial charge < -0.3 is 24.6 Å². The molecule has 2 rings (SSSR count). The second-order valence-corrected chi connectivity index (χ2v) is 4.67. The van der Waals surface area contributed by atoms with Crippen LogP contribution in [-0.4, -0.2) is 43.4 Å². The van der Waals surface area contributed by atoms with E-state index in [1.54, 1.807) is 12.1 Å². The Labute approximate surface area is 125 Å². The summed E-state index contributed by atoms with van der Waals surface area (Å²) in [5, 5.41) is 11.2. The van der Waals surface area contributed by atoms with Gasteiger partial charge in [-0.1, -0.05) is 11.6 Å². The van der Waals surface area contributed by atoms with Crippen LogP contribution in [0.15, 0.2) is 12.1 Å². The lowest BCUT2D eigenvalue weighted by Crippen LogP contribution is -2.20. The summed E-state index contributed by atoms with van der Waals surface area (Å²) in [5.41, 5.74) is 0.352. The van der Waals surface area contributed by atoms with Crippen molar-refractivity contribution in [3.8, 4) is 11.5 Å². The number of fused-ring (bicyclic) bond motifs is 1. The van der Waals surface area contributed by atoms with Crippen LogP contribution in [0.3, 0.4) is 0 Å². The molecule has 2 N–H and O–H groups in total. The zero-order valence-corrected chi connectivity index (χ0v) is 11.8. The normalized spacial score (nSPS) is 13.4. The Morgan fingerprint density at radius 3 is 2.57 bits per heavy atom. The minimum absolute atomic E-state index is 0.297. The van der Waals surface area contributed by atoms with Crippen LogP contribution in [0.5, 0.6) is 11.5 Å². The summed E-state index contributed by atoms with van der Waals surface area (Å²) in [6.45, 7) is 0.140. The maximum Gasteiger partial charge on any atom is 0.329 e. The largest absolute Gasteiger partial charge is 0.490 e. The van der Waals surface area contributed by atoms with Gasteiger partial charge >= 0.3 is 5.97 Å². The summed E-state index contributed by atoms with van der Waals surface area (Å²) in [6, 6.07) is 3.13. The number of nitrogens with one attached hydrogen (secondary N) is 1. The number of carboxylic acid groups (broad SMARTS) is 1. The fourth-order valence-electron chi connectivity index (χ4n) is 1.70. The Morgan fingerprint density at radius 2 is 1.90 bits per heavy atom. The Bertz CT molecular complexity index is 548. The van der Waals surface area contributed by atoms with Gasteiger partial charge in [-0.05, 0) is 0 Å². The molecule has 1 heterocycles. The van der Waals surface area contributed by atoms with Gasteiger partial charge in [0, 0.05) is 18.6 Å². The number of halogens is 1. The number of rotatable bonds is 5. The predicted molar refractivity (Wildman–Crippen MR) is 74.1 cm³/mol. The molecule has 0 fully saturated rings. The van der Waals surface area contributed by atoms with Gasteiger partial charge in [-0.3, -0.25) is 4.79 Å². The van der Waals surface area contributed by atoms with Gasteiger partial charge in [-0.25, -0.2) is 4.79 Å². The summed E-state index contributed by atoms with van der Waals surface area (Å²) >= 11 is 6.06. The van der Waals surface area contributed by atoms with Crippen LogP contribution in [0.4, 0.5) is 5.69 Å². The van der Waals surface area contributed by atoms with Crippen LogP contribution in [0.1, 0.15) is 6.42 Å². The van der Waals surface area contributed by atoms with Gasteiger partial charge in [-0.15, -0.1) is 0 Å². The molecule has 1 aliphatic heterocycles. The maximum absolute atomic E-state index is 11.6. The molecule has 8 heteroatoms. The Kier molecular flexibility index (Phi) is 5.24. The summed E-state index contributed by atoms with van der Waals surface area (Å²) in [6.07, 6.45) is 0.761. The van der Waals surface area contributed by atoms with E-state index in [1.165, 1.54) is 0 Å². The molecule has 0 radical (unpaired) electrons. The molecule has 1 aliphatic rings. The SMILES string of the molecule is O=C(O)COCC(=O)Nc1cc2c(cc1Cl)OCCCO2. The van der Waals surface area contributed by atoms with Gasteiger partial charge in [0.2, 0.25) is 5.91 Å². The third-order valence-corrected chi connectivity index (χ3v) is 2.88. The first-order valence-electron chi connectivity index (χ1n) is 6.25. The number of amides is 1. The van der Waals surface area contributed by atoms with Crippen molar-refractivity contribution in [1.82, 2.24) is 0 Å². The fraction of sp³-hybridized carbons (Fsp3) is 0.385. The molecule has 1 aromatic carbocycles. The van der Waals surface area contributed by atoms with Crippen LogP contribution in [-0.2, 0) is 14.3 Å². The quantitative estimate of drug-likeness (QED) is 0.856. The second kappa shape index (κ2) is 7.14. The highest BCUT2D eigenvalue weighted by atomic mass is 35.5. The molecule has 0 bridgehead atoms. The summed E-state index contributed by atoms with van der Waals surface area (Å²) in [4.78, 5) is 21.9. The first-order chi connectivity index (χ1) is 10.1. The first-order valence-corrected chi connectivity index (χ1v) is 6.62. The summed E-state index contributed by atoms with van der Waals surface area (Å²) < 4.78 is 15.7. The fourth-order valence-corrected chi connectivity index (χ4v) is 1.90. The van der Waals surface area contributed by atoms with Crippen molar-refractivity contribution in [3.05, 3.63) is 17.2 Å². The number of aliphatic carboxylic acids is 1. The molecule has 0 saturated carbocycles. The number of anilines is 1. The van der Waals surface area contributed by atoms with Crippen molar-refractivity contribution in [2.45, 2.75) is 6.42 Å². The van der Waals surface area contributed by atoms with Crippen LogP contribution in [0, 0.1) is 0 Å². The molecule has 7 nitrogen and oxygen atoms in total. The maximum atomic E-state index is 11.6. The minimum Gasteiger partial charge on any atom is -0.490 e. The molecule has 1 aromatic rings. The number of ether oxygens (including phenoxy) is 3. The third-order valence-electron chi connectivity index (χ3n) is 2.57. The van der Waals surface area contributed by atoms with Crippen LogP contribution in [0.2, 0.25) is 5.02 Å². The zero-order chi connectivity index (χ0) is 15.2. The monoisotopic (exact) mass is 315 g/mol. The lowest BCUT2D eigenvalue weighted by atomic mass is 10.2. The third kappa shape index (κ3) is 4.51. The van der Waals surface area contributed by atoms with Gasteiger partial charge in [0.25, 0.3) is 0 Å². The number of hydrogen-bond donors (Lipinski definition) is 2. The van der Waals surface area contributed by atoms with Crippen molar-refractivity contribution >= 4 is 29.2 Å². The van der Waals surface area contributed by atoms with Crippen LogP contribution >= 0.6 is 11.6 Å². The van der Waals surface area contributed by atoms with E-state index in [-0.39, 0.29) is 6.61 Å². The molecule has 0 aliphatic carbocycles. The van der Waals surface area contributed by atoms with E-state index in [9.17, 15) is 9.59 Å². The van der Waals surface area contributed by atoms with E-state index in [4.69, 9.17) is 30.9 Å². The number of carbonyl (C=O) groups excluding carboxylic acids is 1. The highest BCUT2D eigenvalue weighted by Crippen LogP contribution is 2.37. The van der Waals surface area contributed by atoms with Crippen molar-refractivity contribution in [2.24, 2.45) is 0 Å². The molecule has 0 saturated heterocycles. The minimum atomic E-state index is -1.14. The van der Waals surface area contributed by atoms with Gasteiger partial charge in [0.1, 0.15) is 13.2 Å². The Hall–Kier alpha value is -1.99. The van der Waals surface area contributed by atoms with Crippen molar-refractivity contribution in [2.75, 3.05) is 31.7 Å². The molecular formula is C13H14ClNO6. The highest BCUT2D eigenvalue weighted by Gasteiger charge is 2.15. The van der Waals surface area contributed by atoms with Gasteiger partial charge in [0.15, 0.2) is 11.5 Å². The summed E-state index contributed by atoms with van der Waals surface area (Å²) in [7, 11) is 0. The summed E-state index contributed by atoms with van der Waals surface area (Å²) in [5.74, 6) is -0.625. The van der Waals surface area contributed by atoms with Crippen molar-refractivity contribution in [3.63, 3.8) is 0 Å². The standard InChI is InChI=1S/C13H14ClNO6/c14-8-4-10-11(21-3-1-2-20-10)5-9(8)15-12(16)6-19-7-13(17)18/h4-5H,1-3,6-7H2,(H,15,16)(H,17,18). The van der Waals surface area contributed by atoms with E-state index in [2.05, 4.69) is 5.32 Å². The van der Waals surface area contributed by atoms with E-state index >= 15 is 0 Å². The highest BCUT2D eigenvalue weighted by molar-refractivity contribution is 6.34. The second-order valence-electron chi connectivity index (χ2n) is 4.26. The van der Waals surface area contributed by atoms with Gasteiger partial charge in [0.05, 0.1) is 23.9 Å². The Balaban J connectivity index is 2.01. The van der Waals surface area contributed by atoms with Crippen molar-refractivity contribution in [1.29, 1.82) is 0 Å². The molecule has 114 valence electrons. The Morgan fingerprint density at radius 1 is 1.24 bits per heavy atom. The molecule has 1 amide bonds. The number of carboxylic acids is 1. The van der Waals surface area contributed by atoms with Gasteiger partial charge in [-0.2, -0.15) is 0 Å². The molecule has 0 aromatic heterocycles. The average Bonchev–Trinajstić information content (AvgIpc) is 2.63.